The van der Waals surface area contributed by atoms with E-state index < -0.39 is 0 Å². The summed E-state index contributed by atoms with van der Waals surface area (Å²) in [4.78, 5) is 25.2. The van der Waals surface area contributed by atoms with Gasteiger partial charge in [0.15, 0.2) is 0 Å². The maximum atomic E-state index is 12.6. The van der Waals surface area contributed by atoms with E-state index in [2.05, 4.69) is 20.8 Å². The zero-order chi connectivity index (χ0) is 18.8. The Hall–Kier alpha value is -3.75. The number of nitrogens with one attached hydrogen (secondary N) is 1. The molecule has 9 heteroatoms. The van der Waals surface area contributed by atoms with Crippen LogP contribution in [0.4, 0.5) is 5.69 Å². The van der Waals surface area contributed by atoms with Gasteiger partial charge in [0, 0.05) is 12.2 Å². The van der Waals surface area contributed by atoms with Crippen LogP contribution in [-0.4, -0.2) is 35.2 Å². The van der Waals surface area contributed by atoms with Crippen LogP contribution in [0, 0.1) is 0 Å². The van der Waals surface area contributed by atoms with Crippen LogP contribution in [0.15, 0.2) is 59.7 Å². The van der Waals surface area contributed by atoms with E-state index in [1.807, 2.05) is 37.3 Å². The molecule has 4 rings (SSSR count). The summed E-state index contributed by atoms with van der Waals surface area (Å²) in [6.45, 7) is 2.38. The fourth-order valence-corrected chi connectivity index (χ4v) is 3.08. The van der Waals surface area contributed by atoms with Crippen molar-refractivity contribution in [2.45, 2.75) is 20.0 Å². The number of rotatable bonds is 5. The van der Waals surface area contributed by atoms with E-state index in [1.165, 1.54) is 15.6 Å². The van der Waals surface area contributed by atoms with Gasteiger partial charge in [0.1, 0.15) is 12.9 Å². The number of anilines is 1. The van der Waals surface area contributed by atoms with Crippen molar-refractivity contribution in [3.05, 3.63) is 65.3 Å². The Balaban J connectivity index is 1.59. The number of carbonyl (C=O) groups excluding carboxylic acids is 1. The molecule has 4 aromatic rings. The van der Waals surface area contributed by atoms with E-state index in [0.29, 0.717) is 12.2 Å². The highest BCUT2D eigenvalue weighted by atomic mass is 16.2. The van der Waals surface area contributed by atoms with Gasteiger partial charge in [-0.1, -0.05) is 18.2 Å². The number of aromatic nitrogens is 6. The van der Waals surface area contributed by atoms with Gasteiger partial charge in [-0.3, -0.25) is 13.9 Å². The van der Waals surface area contributed by atoms with Gasteiger partial charge in [-0.05, 0) is 47.7 Å². The molecule has 9 nitrogen and oxygen atoms in total. The van der Waals surface area contributed by atoms with Crippen molar-refractivity contribution in [1.82, 2.24) is 29.3 Å². The third-order valence-corrected chi connectivity index (χ3v) is 4.29. The van der Waals surface area contributed by atoms with Crippen LogP contribution in [0.3, 0.4) is 0 Å². The molecular formula is C18H17N7O2. The third-order valence-electron chi connectivity index (χ3n) is 4.29. The molecular weight excluding hydrogens is 346 g/mol. The highest BCUT2D eigenvalue weighted by Gasteiger charge is 2.14. The smallest absolute Gasteiger partial charge is 0.324 e. The molecule has 0 aliphatic rings. The molecule has 2 aromatic carbocycles. The molecule has 2 aromatic heterocycles. The van der Waals surface area contributed by atoms with Crippen molar-refractivity contribution in [3.8, 4) is 5.69 Å². The number of benzene rings is 2. The van der Waals surface area contributed by atoms with Crippen LogP contribution in [0.25, 0.3) is 16.7 Å². The van der Waals surface area contributed by atoms with Crippen molar-refractivity contribution in [3.63, 3.8) is 0 Å². The minimum atomic E-state index is -0.287. The van der Waals surface area contributed by atoms with Gasteiger partial charge in [0.25, 0.3) is 0 Å². The van der Waals surface area contributed by atoms with Gasteiger partial charge in [-0.2, -0.15) is 0 Å². The summed E-state index contributed by atoms with van der Waals surface area (Å²) in [7, 11) is 0. The summed E-state index contributed by atoms with van der Waals surface area (Å²) >= 11 is 0. The number of carbonyl (C=O) groups is 1. The zero-order valence-corrected chi connectivity index (χ0v) is 14.6. The third kappa shape index (κ3) is 3.10. The van der Waals surface area contributed by atoms with Gasteiger partial charge in [-0.25, -0.2) is 9.48 Å². The Bertz CT molecular complexity index is 1160. The summed E-state index contributed by atoms with van der Waals surface area (Å²) in [5, 5.41) is 13.8. The number of fused-ring (bicyclic) bond motifs is 1. The first-order chi connectivity index (χ1) is 13.2. The van der Waals surface area contributed by atoms with Gasteiger partial charge in [-0.15, -0.1) is 5.10 Å². The maximum absolute atomic E-state index is 12.6. The van der Waals surface area contributed by atoms with Gasteiger partial charge in [0.05, 0.1) is 16.7 Å². The van der Waals surface area contributed by atoms with Crippen LogP contribution >= 0.6 is 0 Å². The quantitative estimate of drug-likeness (QED) is 0.578. The summed E-state index contributed by atoms with van der Waals surface area (Å²) in [6, 6.07) is 14.6. The zero-order valence-electron chi connectivity index (χ0n) is 14.6. The Morgan fingerprint density at radius 1 is 1.07 bits per heavy atom. The molecule has 1 amide bonds. The average Bonchev–Trinajstić information content (AvgIpc) is 3.30. The van der Waals surface area contributed by atoms with E-state index in [-0.39, 0.29) is 18.1 Å². The fourth-order valence-electron chi connectivity index (χ4n) is 3.08. The van der Waals surface area contributed by atoms with E-state index in [9.17, 15) is 9.59 Å². The molecule has 0 atom stereocenters. The van der Waals surface area contributed by atoms with Gasteiger partial charge >= 0.3 is 5.69 Å². The summed E-state index contributed by atoms with van der Waals surface area (Å²) < 4.78 is 4.63. The molecule has 0 bridgehead atoms. The Morgan fingerprint density at radius 3 is 2.56 bits per heavy atom. The van der Waals surface area contributed by atoms with E-state index in [4.69, 9.17) is 0 Å². The van der Waals surface area contributed by atoms with Crippen LogP contribution in [0.2, 0.25) is 0 Å². The minimum Gasteiger partial charge on any atom is -0.324 e. The second-order valence-corrected chi connectivity index (χ2v) is 5.95. The van der Waals surface area contributed by atoms with Crippen molar-refractivity contribution in [2.24, 2.45) is 0 Å². The maximum Gasteiger partial charge on any atom is 0.329 e. The second kappa shape index (κ2) is 6.87. The largest absolute Gasteiger partial charge is 0.329 e. The first-order valence-corrected chi connectivity index (χ1v) is 8.48. The summed E-state index contributed by atoms with van der Waals surface area (Å²) in [6.07, 6.45) is 1.47. The standard InChI is InChI=1S/C18H17N7O2/c1-2-23-15-8-3-4-9-16(15)24(18(23)27)11-17(26)20-13-6-5-7-14(10-13)25-12-19-21-22-25/h3-10,12H,2,11H2,1H3,(H,20,26). The molecule has 0 aliphatic heterocycles. The van der Waals surface area contributed by atoms with Crippen LogP contribution in [-0.2, 0) is 17.9 Å². The molecule has 0 fully saturated rings. The predicted octanol–water partition coefficient (Wildman–Crippen LogP) is 1.44. The fraction of sp³-hybridized carbons (Fsp3) is 0.167. The van der Waals surface area contributed by atoms with Crippen molar-refractivity contribution in [2.75, 3.05) is 5.32 Å². The molecule has 0 saturated heterocycles. The Kier molecular flexibility index (Phi) is 4.25. The van der Waals surface area contributed by atoms with Crippen molar-refractivity contribution in [1.29, 1.82) is 0 Å². The number of hydrogen-bond donors (Lipinski definition) is 1. The monoisotopic (exact) mass is 363 g/mol. The van der Waals surface area contributed by atoms with E-state index in [0.717, 1.165) is 16.7 Å². The number of para-hydroxylation sites is 2. The number of amides is 1. The number of nitrogens with zero attached hydrogens (tertiary/aromatic N) is 6. The SMILES string of the molecule is CCn1c(=O)n(CC(=O)Nc2cccc(-n3cnnn3)c2)c2ccccc21. The lowest BCUT2D eigenvalue weighted by Crippen LogP contribution is -2.29. The molecule has 0 saturated carbocycles. The molecule has 1 N–H and O–H groups in total. The normalized spacial score (nSPS) is 11.0. The number of tetrazole rings is 1. The van der Waals surface area contributed by atoms with Crippen molar-refractivity contribution >= 4 is 22.6 Å². The van der Waals surface area contributed by atoms with Crippen LogP contribution in [0.5, 0.6) is 0 Å². The Morgan fingerprint density at radius 2 is 1.85 bits per heavy atom. The number of imidazole rings is 1. The predicted molar refractivity (Wildman–Crippen MR) is 99.7 cm³/mol. The highest BCUT2D eigenvalue weighted by Crippen LogP contribution is 2.15. The Labute approximate surface area is 153 Å². The first kappa shape index (κ1) is 16.7. The molecule has 0 aliphatic carbocycles. The van der Waals surface area contributed by atoms with E-state index in [1.54, 1.807) is 22.8 Å². The number of hydrogen-bond acceptors (Lipinski definition) is 5. The molecule has 2 heterocycles. The summed E-state index contributed by atoms with van der Waals surface area (Å²) in [5.74, 6) is -0.287. The van der Waals surface area contributed by atoms with Gasteiger partial charge < -0.3 is 5.32 Å². The minimum absolute atomic E-state index is 0.0680. The average molecular weight is 363 g/mol. The molecule has 0 radical (unpaired) electrons. The topological polar surface area (TPSA) is 99.6 Å². The van der Waals surface area contributed by atoms with Crippen molar-refractivity contribution < 1.29 is 4.79 Å². The first-order valence-electron chi connectivity index (χ1n) is 8.48. The van der Waals surface area contributed by atoms with E-state index >= 15 is 0 Å². The number of aryl methyl sites for hydroxylation is 1. The lowest BCUT2D eigenvalue weighted by atomic mass is 10.2. The molecule has 0 spiro atoms. The van der Waals surface area contributed by atoms with Gasteiger partial charge in [0.2, 0.25) is 5.91 Å². The molecule has 136 valence electrons. The second-order valence-electron chi connectivity index (χ2n) is 5.95. The van der Waals surface area contributed by atoms with Crippen LogP contribution in [0.1, 0.15) is 6.92 Å². The molecule has 0 unspecified atom stereocenters. The highest BCUT2D eigenvalue weighted by molar-refractivity contribution is 5.91. The lowest BCUT2D eigenvalue weighted by molar-refractivity contribution is -0.116. The summed E-state index contributed by atoms with van der Waals surface area (Å²) in [5.41, 5.74) is 2.68. The lowest BCUT2D eigenvalue weighted by Gasteiger charge is -2.08. The van der Waals surface area contributed by atoms with Crippen LogP contribution < -0.4 is 11.0 Å². The molecule has 27 heavy (non-hydrogen) atoms.